The lowest BCUT2D eigenvalue weighted by Gasteiger charge is -2.03. The van der Waals surface area contributed by atoms with Gasteiger partial charge in [0.1, 0.15) is 0 Å². The molecule has 0 radical (unpaired) electrons. The molecule has 0 aliphatic rings. The largest absolute Gasteiger partial charge is 0.316 e. The summed E-state index contributed by atoms with van der Waals surface area (Å²) in [4.78, 5) is 0. The highest BCUT2D eigenvalue weighted by Gasteiger charge is 1.95. The number of hydrogen-bond acceptors (Lipinski definition) is 2. The summed E-state index contributed by atoms with van der Waals surface area (Å²) in [5.41, 5.74) is 2.37. The molecule has 0 aliphatic heterocycles. The van der Waals surface area contributed by atoms with Crippen LogP contribution in [-0.4, -0.2) is 16.8 Å². The summed E-state index contributed by atoms with van der Waals surface area (Å²) in [5.74, 6) is 0. The van der Waals surface area contributed by atoms with Crippen molar-refractivity contribution in [2.45, 2.75) is 6.54 Å². The SMILES string of the molecule is CNCc1ccc(-n2cccn2)cc1. The summed E-state index contributed by atoms with van der Waals surface area (Å²) in [6.07, 6.45) is 3.72. The van der Waals surface area contributed by atoms with E-state index < -0.39 is 0 Å². The van der Waals surface area contributed by atoms with E-state index in [2.05, 4.69) is 34.7 Å². The van der Waals surface area contributed by atoms with Crippen molar-refractivity contribution in [2.75, 3.05) is 7.05 Å². The Labute approximate surface area is 83.4 Å². The molecule has 0 amide bonds. The van der Waals surface area contributed by atoms with Crippen molar-refractivity contribution in [3.63, 3.8) is 0 Å². The number of nitrogens with one attached hydrogen (secondary N) is 1. The molecule has 0 spiro atoms. The van der Waals surface area contributed by atoms with E-state index in [1.54, 1.807) is 6.20 Å². The second kappa shape index (κ2) is 4.07. The van der Waals surface area contributed by atoms with Crippen LogP contribution in [0, 0.1) is 0 Å². The summed E-state index contributed by atoms with van der Waals surface area (Å²) in [6, 6.07) is 10.3. The predicted octanol–water partition coefficient (Wildman–Crippen LogP) is 1.59. The summed E-state index contributed by atoms with van der Waals surface area (Å²) in [6.45, 7) is 0.902. The topological polar surface area (TPSA) is 29.9 Å². The zero-order chi connectivity index (χ0) is 9.80. The quantitative estimate of drug-likeness (QED) is 0.790. The van der Waals surface area contributed by atoms with Gasteiger partial charge in [-0.2, -0.15) is 5.10 Å². The lowest BCUT2D eigenvalue weighted by Crippen LogP contribution is -2.05. The van der Waals surface area contributed by atoms with Crippen molar-refractivity contribution >= 4 is 0 Å². The molecule has 2 aromatic rings. The van der Waals surface area contributed by atoms with E-state index in [9.17, 15) is 0 Å². The van der Waals surface area contributed by atoms with Crippen molar-refractivity contribution < 1.29 is 0 Å². The Bertz CT molecular complexity index is 375. The molecule has 0 aliphatic carbocycles. The number of aromatic nitrogens is 2. The van der Waals surface area contributed by atoms with Gasteiger partial charge in [-0.1, -0.05) is 12.1 Å². The van der Waals surface area contributed by atoms with Crippen LogP contribution in [0.25, 0.3) is 5.69 Å². The Morgan fingerprint density at radius 2 is 2.07 bits per heavy atom. The van der Waals surface area contributed by atoms with Crippen LogP contribution < -0.4 is 5.32 Å². The second-order valence-electron chi connectivity index (χ2n) is 3.15. The monoisotopic (exact) mass is 187 g/mol. The Morgan fingerprint density at radius 3 is 2.64 bits per heavy atom. The first-order valence-electron chi connectivity index (χ1n) is 4.64. The van der Waals surface area contributed by atoms with Gasteiger partial charge in [0, 0.05) is 18.9 Å². The van der Waals surface area contributed by atoms with E-state index in [-0.39, 0.29) is 0 Å². The molecule has 3 heteroatoms. The summed E-state index contributed by atoms with van der Waals surface area (Å²) < 4.78 is 1.85. The third-order valence-corrected chi connectivity index (χ3v) is 2.09. The van der Waals surface area contributed by atoms with Crippen molar-refractivity contribution in [2.24, 2.45) is 0 Å². The molecule has 1 aromatic heterocycles. The minimum Gasteiger partial charge on any atom is -0.316 e. The molecule has 1 N–H and O–H groups in total. The van der Waals surface area contributed by atoms with Gasteiger partial charge >= 0.3 is 0 Å². The van der Waals surface area contributed by atoms with Crippen LogP contribution in [0.2, 0.25) is 0 Å². The molecule has 0 saturated heterocycles. The average molecular weight is 187 g/mol. The lowest BCUT2D eigenvalue weighted by molar-refractivity contribution is 0.815. The maximum absolute atomic E-state index is 4.16. The van der Waals surface area contributed by atoms with E-state index >= 15 is 0 Å². The Morgan fingerprint density at radius 1 is 1.29 bits per heavy atom. The normalized spacial score (nSPS) is 10.4. The Hall–Kier alpha value is -1.61. The average Bonchev–Trinajstić information content (AvgIpc) is 2.72. The fourth-order valence-electron chi connectivity index (χ4n) is 1.39. The number of nitrogens with zero attached hydrogens (tertiary/aromatic N) is 2. The zero-order valence-corrected chi connectivity index (χ0v) is 8.14. The van der Waals surface area contributed by atoms with E-state index in [1.807, 2.05) is 24.0 Å². The fourth-order valence-corrected chi connectivity index (χ4v) is 1.39. The molecule has 72 valence electrons. The summed E-state index contributed by atoms with van der Waals surface area (Å²) >= 11 is 0. The molecule has 0 unspecified atom stereocenters. The highest BCUT2D eigenvalue weighted by Crippen LogP contribution is 2.07. The standard InChI is InChI=1S/C11H13N3/c1-12-9-10-3-5-11(6-4-10)14-8-2-7-13-14/h2-8,12H,9H2,1H3. The second-order valence-corrected chi connectivity index (χ2v) is 3.15. The lowest BCUT2D eigenvalue weighted by atomic mass is 10.2. The minimum absolute atomic E-state index is 0.902. The van der Waals surface area contributed by atoms with Gasteiger partial charge in [0.05, 0.1) is 5.69 Å². The number of rotatable bonds is 3. The van der Waals surface area contributed by atoms with Gasteiger partial charge in [-0.3, -0.25) is 0 Å². The van der Waals surface area contributed by atoms with Crippen molar-refractivity contribution in [1.29, 1.82) is 0 Å². The maximum atomic E-state index is 4.16. The summed E-state index contributed by atoms with van der Waals surface area (Å²) in [7, 11) is 1.95. The molecular weight excluding hydrogens is 174 g/mol. The molecule has 3 nitrogen and oxygen atoms in total. The van der Waals surface area contributed by atoms with E-state index in [0.717, 1.165) is 12.2 Å². The highest BCUT2D eigenvalue weighted by atomic mass is 15.3. The zero-order valence-electron chi connectivity index (χ0n) is 8.14. The molecule has 2 rings (SSSR count). The summed E-state index contributed by atoms with van der Waals surface area (Å²) in [5, 5.41) is 7.28. The number of benzene rings is 1. The van der Waals surface area contributed by atoms with Crippen LogP contribution in [0.1, 0.15) is 5.56 Å². The van der Waals surface area contributed by atoms with Crippen LogP contribution in [-0.2, 0) is 6.54 Å². The van der Waals surface area contributed by atoms with Crippen LogP contribution in [0.4, 0.5) is 0 Å². The van der Waals surface area contributed by atoms with Gasteiger partial charge in [0.15, 0.2) is 0 Å². The fraction of sp³-hybridized carbons (Fsp3) is 0.182. The van der Waals surface area contributed by atoms with Crippen LogP contribution in [0.3, 0.4) is 0 Å². The van der Waals surface area contributed by atoms with Crippen molar-refractivity contribution in [3.8, 4) is 5.69 Å². The van der Waals surface area contributed by atoms with Crippen molar-refractivity contribution in [3.05, 3.63) is 48.3 Å². The molecule has 0 bridgehead atoms. The molecule has 14 heavy (non-hydrogen) atoms. The van der Waals surface area contributed by atoms with Gasteiger partial charge in [0.25, 0.3) is 0 Å². The molecular formula is C11H13N3. The molecule has 1 aromatic carbocycles. The van der Waals surface area contributed by atoms with Crippen LogP contribution in [0.5, 0.6) is 0 Å². The van der Waals surface area contributed by atoms with E-state index in [4.69, 9.17) is 0 Å². The van der Waals surface area contributed by atoms with Gasteiger partial charge < -0.3 is 5.32 Å². The van der Waals surface area contributed by atoms with E-state index in [0.29, 0.717) is 0 Å². The van der Waals surface area contributed by atoms with E-state index in [1.165, 1.54) is 5.56 Å². The predicted molar refractivity (Wildman–Crippen MR) is 56.3 cm³/mol. The first kappa shape index (κ1) is 8.97. The van der Waals surface area contributed by atoms with Gasteiger partial charge in [-0.05, 0) is 30.8 Å². The smallest absolute Gasteiger partial charge is 0.0645 e. The maximum Gasteiger partial charge on any atom is 0.0645 e. The first-order chi connectivity index (χ1) is 6.90. The van der Waals surface area contributed by atoms with Crippen LogP contribution >= 0.6 is 0 Å². The Balaban J connectivity index is 2.22. The first-order valence-corrected chi connectivity index (χ1v) is 4.64. The highest BCUT2D eigenvalue weighted by molar-refractivity contribution is 5.33. The third kappa shape index (κ3) is 1.83. The Kier molecular flexibility index (Phi) is 2.60. The van der Waals surface area contributed by atoms with Crippen molar-refractivity contribution in [1.82, 2.24) is 15.1 Å². The minimum atomic E-state index is 0.902. The van der Waals surface area contributed by atoms with Gasteiger partial charge in [0.2, 0.25) is 0 Å². The molecule has 0 fully saturated rings. The third-order valence-electron chi connectivity index (χ3n) is 2.09. The van der Waals surface area contributed by atoms with Gasteiger partial charge in [-0.25, -0.2) is 4.68 Å². The molecule has 0 atom stereocenters. The van der Waals surface area contributed by atoms with Crippen LogP contribution in [0.15, 0.2) is 42.7 Å². The van der Waals surface area contributed by atoms with Gasteiger partial charge in [-0.15, -0.1) is 0 Å². The molecule has 0 saturated carbocycles. The number of hydrogen-bond donors (Lipinski definition) is 1. The molecule has 1 heterocycles.